The summed E-state index contributed by atoms with van der Waals surface area (Å²) in [6.07, 6.45) is 1.84. The van der Waals surface area contributed by atoms with Gasteiger partial charge >= 0.3 is 0 Å². The molecule has 0 aliphatic carbocycles. The highest BCUT2D eigenvalue weighted by molar-refractivity contribution is 5.84. The second-order valence-electron chi connectivity index (χ2n) is 6.68. The van der Waals surface area contributed by atoms with Crippen LogP contribution in [-0.4, -0.2) is 53.3 Å². The molecule has 2 aliphatic heterocycles. The zero-order valence-corrected chi connectivity index (χ0v) is 13.1. The number of phenols is 1. The number of aliphatic hydroxyl groups is 1. The first-order valence-electron chi connectivity index (χ1n) is 8.15. The minimum atomic E-state index is -0.746. The van der Waals surface area contributed by atoms with E-state index in [1.54, 1.807) is 0 Å². The summed E-state index contributed by atoms with van der Waals surface area (Å²) in [5.74, 6) is -0.456. The van der Waals surface area contributed by atoms with Gasteiger partial charge in [0.1, 0.15) is 11.6 Å². The molecule has 5 nitrogen and oxygen atoms in total. The number of hydrogen-bond acceptors (Lipinski definition) is 4. The minimum absolute atomic E-state index is 0.0840. The topological polar surface area (TPSA) is 72.8 Å². The lowest BCUT2D eigenvalue weighted by atomic mass is 9.77. The quantitative estimate of drug-likeness (QED) is 0.774. The van der Waals surface area contributed by atoms with Crippen LogP contribution in [0.5, 0.6) is 5.75 Å². The first-order valence-corrected chi connectivity index (χ1v) is 8.15. The van der Waals surface area contributed by atoms with Gasteiger partial charge in [0.15, 0.2) is 0 Å². The van der Waals surface area contributed by atoms with E-state index in [0.29, 0.717) is 6.54 Å². The van der Waals surface area contributed by atoms with Gasteiger partial charge in [-0.3, -0.25) is 4.79 Å². The van der Waals surface area contributed by atoms with Crippen LogP contribution in [0.2, 0.25) is 0 Å². The summed E-state index contributed by atoms with van der Waals surface area (Å²) in [4.78, 5) is 14.1. The van der Waals surface area contributed by atoms with Gasteiger partial charge in [-0.15, -0.1) is 0 Å². The molecule has 23 heavy (non-hydrogen) atoms. The fourth-order valence-electron chi connectivity index (χ4n) is 3.70. The Hall–Kier alpha value is -1.66. The highest BCUT2D eigenvalue weighted by atomic mass is 19.1. The number of aliphatic hydroxyl groups excluding tert-OH is 1. The molecule has 1 atom stereocenters. The van der Waals surface area contributed by atoms with Crippen molar-refractivity contribution in [1.82, 2.24) is 10.2 Å². The molecule has 2 heterocycles. The van der Waals surface area contributed by atoms with Gasteiger partial charge in [0, 0.05) is 25.1 Å². The number of hydrogen-bond donors (Lipinski definition) is 3. The fraction of sp³-hybridized carbons (Fsp3) is 0.588. The van der Waals surface area contributed by atoms with E-state index in [9.17, 15) is 19.4 Å². The molecule has 126 valence electrons. The Kier molecular flexibility index (Phi) is 4.55. The van der Waals surface area contributed by atoms with Gasteiger partial charge in [-0.05, 0) is 44.5 Å². The third-order valence-corrected chi connectivity index (χ3v) is 5.19. The van der Waals surface area contributed by atoms with Crippen molar-refractivity contribution < 1.29 is 19.4 Å². The standard InChI is InChI=1S/C17H23FN2O3/c18-14-2-1-3-15(22)13(14)10-12(21)11-20-8-5-17(6-9-20)4-7-19-16(17)23/h1-3,12,21-22H,4-11H2,(H,19,23). The van der Waals surface area contributed by atoms with Gasteiger partial charge in [-0.1, -0.05) is 6.07 Å². The number of aromatic hydroxyl groups is 1. The summed E-state index contributed by atoms with van der Waals surface area (Å²) < 4.78 is 13.7. The number of piperidine rings is 1. The SMILES string of the molecule is O=C1NCCC12CCN(CC(O)Cc1c(O)cccc1F)CC2. The van der Waals surface area contributed by atoms with Crippen LogP contribution in [0.4, 0.5) is 4.39 Å². The summed E-state index contributed by atoms with van der Waals surface area (Å²) in [6.45, 7) is 2.70. The number of phenolic OH excluding ortho intramolecular Hbond substituents is 1. The molecule has 1 spiro atoms. The number of nitrogens with zero attached hydrogens (tertiary/aromatic N) is 1. The average Bonchev–Trinajstić information content (AvgIpc) is 2.87. The maximum absolute atomic E-state index is 13.7. The largest absolute Gasteiger partial charge is 0.508 e. The van der Waals surface area contributed by atoms with Crippen molar-refractivity contribution in [2.24, 2.45) is 5.41 Å². The number of nitrogens with one attached hydrogen (secondary N) is 1. The van der Waals surface area contributed by atoms with Crippen molar-refractivity contribution in [1.29, 1.82) is 0 Å². The monoisotopic (exact) mass is 322 g/mol. The lowest BCUT2D eigenvalue weighted by molar-refractivity contribution is -0.130. The van der Waals surface area contributed by atoms with Crippen LogP contribution in [0.25, 0.3) is 0 Å². The molecule has 0 bridgehead atoms. The van der Waals surface area contributed by atoms with Crippen LogP contribution in [0.3, 0.4) is 0 Å². The zero-order valence-electron chi connectivity index (χ0n) is 13.1. The van der Waals surface area contributed by atoms with Crippen LogP contribution in [0, 0.1) is 11.2 Å². The maximum Gasteiger partial charge on any atom is 0.226 e. The maximum atomic E-state index is 13.7. The Balaban J connectivity index is 1.53. The molecule has 3 N–H and O–H groups in total. The number of carbonyl (C=O) groups is 1. The summed E-state index contributed by atoms with van der Waals surface area (Å²) in [5, 5.41) is 22.8. The summed E-state index contributed by atoms with van der Waals surface area (Å²) in [6, 6.07) is 4.15. The van der Waals surface area contributed by atoms with Gasteiger partial charge in [-0.25, -0.2) is 4.39 Å². The summed E-state index contributed by atoms with van der Waals surface area (Å²) >= 11 is 0. The van der Waals surface area contributed by atoms with E-state index in [2.05, 4.69) is 10.2 Å². The smallest absolute Gasteiger partial charge is 0.226 e. The zero-order chi connectivity index (χ0) is 16.4. The van der Waals surface area contributed by atoms with E-state index < -0.39 is 11.9 Å². The van der Waals surface area contributed by atoms with Gasteiger partial charge in [-0.2, -0.15) is 0 Å². The van der Waals surface area contributed by atoms with Crippen molar-refractivity contribution >= 4 is 5.91 Å². The van der Waals surface area contributed by atoms with Crippen molar-refractivity contribution in [2.45, 2.75) is 31.8 Å². The first kappa shape index (κ1) is 16.2. The van der Waals surface area contributed by atoms with Crippen LogP contribution < -0.4 is 5.32 Å². The van der Waals surface area contributed by atoms with Gasteiger partial charge < -0.3 is 20.4 Å². The van der Waals surface area contributed by atoms with E-state index in [-0.39, 0.29) is 29.1 Å². The Bertz CT molecular complexity index is 565. The molecule has 2 aliphatic rings. The van der Waals surface area contributed by atoms with E-state index in [1.807, 2.05) is 0 Å². The van der Waals surface area contributed by atoms with E-state index in [1.165, 1.54) is 18.2 Å². The molecule has 1 amide bonds. The number of amides is 1. The van der Waals surface area contributed by atoms with Crippen LogP contribution in [0.1, 0.15) is 24.8 Å². The second-order valence-corrected chi connectivity index (χ2v) is 6.68. The normalized spacial score (nSPS) is 22.3. The van der Waals surface area contributed by atoms with Gasteiger partial charge in [0.05, 0.1) is 11.5 Å². The Labute approximate surface area is 135 Å². The summed E-state index contributed by atoms with van der Waals surface area (Å²) in [5.41, 5.74) is -0.0608. The number of rotatable bonds is 4. The van der Waals surface area contributed by atoms with Crippen LogP contribution in [0.15, 0.2) is 18.2 Å². The lowest BCUT2D eigenvalue weighted by Crippen LogP contribution is -2.46. The van der Waals surface area contributed by atoms with Crippen molar-refractivity contribution in [3.63, 3.8) is 0 Å². The molecule has 0 aromatic heterocycles. The van der Waals surface area contributed by atoms with Gasteiger partial charge in [0.25, 0.3) is 0 Å². The molecule has 1 aromatic carbocycles. The summed E-state index contributed by atoms with van der Waals surface area (Å²) in [7, 11) is 0. The third kappa shape index (κ3) is 3.33. The highest BCUT2D eigenvalue weighted by Crippen LogP contribution is 2.38. The Morgan fingerprint density at radius 1 is 1.30 bits per heavy atom. The van der Waals surface area contributed by atoms with E-state index in [4.69, 9.17) is 0 Å². The molecule has 1 unspecified atom stereocenters. The van der Waals surface area contributed by atoms with Crippen LogP contribution in [-0.2, 0) is 11.2 Å². The van der Waals surface area contributed by atoms with E-state index >= 15 is 0 Å². The fourth-order valence-corrected chi connectivity index (χ4v) is 3.70. The molecular weight excluding hydrogens is 299 g/mol. The molecular formula is C17H23FN2O3. The highest BCUT2D eigenvalue weighted by Gasteiger charge is 2.44. The van der Waals surface area contributed by atoms with Gasteiger partial charge in [0.2, 0.25) is 5.91 Å². The molecule has 0 saturated carbocycles. The Morgan fingerprint density at radius 3 is 2.65 bits per heavy atom. The number of carbonyl (C=O) groups excluding carboxylic acids is 1. The average molecular weight is 322 g/mol. The molecule has 3 rings (SSSR count). The molecule has 2 fully saturated rings. The molecule has 1 aromatic rings. The number of likely N-dealkylation sites (tertiary alicyclic amines) is 1. The van der Waals surface area contributed by atoms with Crippen molar-refractivity contribution in [3.05, 3.63) is 29.6 Å². The number of benzene rings is 1. The van der Waals surface area contributed by atoms with Crippen LogP contribution >= 0.6 is 0 Å². The first-order chi connectivity index (χ1) is 11.0. The van der Waals surface area contributed by atoms with Crippen molar-refractivity contribution in [2.75, 3.05) is 26.2 Å². The second kappa shape index (κ2) is 6.45. The Morgan fingerprint density at radius 2 is 2.04 bits per heavy atom. The minimum Gasteiger partial charge on any atom is -0.508 e. The molecule has 6 heteroatoms. The lowest BCUT2D eigenvalue weighted by Gasteiger charge is -2.38. The number of β-amino-alcohol motifs (C(OH)–C–C–N with tert-alkyl or cyclic N) is 1. The van der Waals surface area contributed by atoms with Crippen molar-refractivity contribution in [3.8, 4) is 5.75 Å². The number of halogens is 1. The van der Waals surface area contributed by atoms with E-state index in [0.717, 1.165) is 38.9 Å². The predicted molar refractivity (Wildman–Crippen MR) is 83.5 cm³/mol. The predicted octanol–water partition coefficient (Wildman–Crippen LogP) is 1.04. The molecule has 0 radical (unpaired) electrons. The third-order valence-electron chi connectivity index (χ3n) is 5.19. The molecule has 2 saturated heterocycles.